The molecule has 0 amide bonds. The molecular weight excluding hydrogens is 355 g/mol. The zero-order valence-electron chi connectivity index (χ0n) is 10.2. The average Bonchev–Trinajstić information content (AvgIpc) is 2.39. The van der Waals surface area contributed by atoms with Gasteiger partial charge in [0.1, 0.15) is 0 Å². The zero-order valence-corrected chi connectivity index (χ0v) is 12.4. The van der Waals surface area contributed by atoms with Crippen molar-refractivity contribution in [3.8, 4) is 0 Å². The van der Waals surface area contributed by atoms with Gasteiger partial charge in [-0.25, -0.2) is 0 Å². The number of carboxylic acid groups (broad SMARTS) is 1. The number of hydrogen-bond acceptors (Lipinski definition) is 3. The van der Waals surface area contributed by atoms with E-state index < -0.39 is 27.2 Å². The molecule has 2 aromatic carbocycles. The van der Waals surface area contributed by atoms with Crippen LogP contribution < -0.4 is 26.3 Å². The van der Waals surface area contributed by atoms with Gasteiger partial charge in [0.2, 0.25) is 3.57 Å². The highest BCUT2D eigenvalue weighted by Crippen LogP contribution is 1.99. The van der Waals surface area contributed by atoms with Crippen LogP contribution in [0.1, 0.15) is 27.6 Å². The summed E-state index contributed by atoms with van der Waals surface area (Å²) in [5, 5.41) is 11.0. The van der Waals surface area contributed by atoms with Crippen molar-refractivity contribution in [1.29, 1.82) is 0 Å². The van der Waals surface area contributed by atoms with Crippen molar-refractivity contribution in [2.45, 2.75) is 6.92 Å². The maximum absolute atomic E-state index is 11.2. The van der Waals surface area contributed by atoms with E-state index in [1.165, 1.54) is 6.92 Å². The van der Waals surface area contributed by atoms with Crippen LogP contribution in [0.15, 0.2) is 48.5 Å². The first-order chi connectivity index (χ1) is 9.08. The smallest absolute Gasteiger partial charge is 0.358 e. The molecule has 0 aliphatic rings. The van der Waals surface area contributed by atoms with E-state index in [-0.39, 0.29) is 11.3 Å². The third kappa shape index (κ3) is 3.41. The first-order valence-corrected chi connectivity index (χ1v) is 7.80. The zero-order chi connectivity index (χ0) is 13.8. The van der Waals surface area contributed by atoms with Crippen molar-refractivity contribution in [2.24, 2.45) is 0 Å². The Morgan fingerprint density at radius 3 is 2.21 bits per heavy atom. The summed E-state index contributed by atoms with van der Waals surface area (Å²) in [6.07, 6.45) is 0. The molecule has 0 fully saturated rings. The number of ketones is 1. The summed E-state index contributed by atoms with van der Waals surface area (Å²) in [7, 11) is 0. The lowest BCUT2D eigenvalue weighted by atomic mass is 10.2. The minimum atomic E-state index is -1.14. The minimum Gasteiger partial charge on any atom is -0.545 e. The summed E-state index contributed by atoms with van der Waals surface area (Å²) in [6, 6.07) is 14.2. The van der Waals surface area contributed by atoms with E-state index >= 15 is 0 Å². The Kier molecular flexibility index (Phi) is 4.31. The Morgan fingerprint density at radius 1 is 1.00 bits per heavy atom. The molecular formula is C15H11IO3. The van der Waals surface area contributed by atoms with Crippen molar-refractivity contribution in [1.82, 2.24) is 0 Å². The van der Waals surface area contributed by atoms with Crippen LogP contribution in [0.4, 0.5) is 0 Å². The van der Waals surface area contributed by atoms with E-state index in [0.29, 0.717) is 5.56 Å². The summed E-state index contributed by atoms with van der Waals surface area (Å²) < 4.78 is 1.88. The topological polar surface area (TPSA) is 57.2 Å². The van der Waals surface area contributed by atoms with Gasteiger partial charge >= 0.3 is 21.2 Å². The number of aromatic carboxylic acids is 1. The van der Waals surface area contributed by atoms with E-state index in [4.69, 9.17) is 0 Å². The van der Waals surface area contributed by atoms with Crippen LogP contribution in [0.3, 0.4) is 0 Å². The number of carbonyl (C=O) groups excluding carboxylic acids is 2. The van der Waals surface area contributed by atoms with Crippen LogP contribution in [0.25, 0.3) is 0 Å². The first kappa shape index (κ1) is 13.7. The molecule has 19 heavy (non-hydrogen) atoms. The Labute approximate surface area is 121 Å². The fraction of sp³-hybridized carbons (Fsp3) is 0.0667. The quantitative estimate of drug-likeness (QED) is 0.483. The number of hydrogen-bond donors (Lipinski definition) is 0. The van der Waals surface area contributed by atoms with Gasteiger partial charge in [0, 0.05) is 5.56 Å². The van der Waals surface area contributed by atoms with Crippen molar-refractivity contribution in [3.63, 3.8) is 0 Å². The Balaban J connectivity index is 2.26. The van der Waals surface area contributed by atoms with Crippen molar-refractivity contribution < 1.29 is 35.9 Å². The standard InChI is InChI=1S/C15H11IO3/c1-10(17)11-6-8-12(9-7-11)16-14-5-3-2-4-13(14)15(18)19/h2-9H,1H3. The molecule has 0 bridgehead atoms. The number of Topliss-reactive ketones (excluding diaryl/α,β-unsaturated/α-hetero) is 1. The van der Waals surface area contributed by atoms with Crippen LogP contribution in [-0.4, -0.2) is 11.8 Å². The summed E-state index contributed by atoms with van der Waals surface area (Å²) in [6.45, 7) is 1.52. The van der Waals surface area contributed by atoms with Gasteiger partial charge in [0.25, 0.3) is 0 Å². The van der Waals surface area contributed by atoms with Crippen LogP contribution in [0, 0.1) is 7.14 Å². The number of halogens is 1. The predicted molar refractivity (Wildman–Crippen MR) is 64.6 cm³/mol. The fourth-order valence-corrected chi connectivity index (χ4v) is 4.04. The fourth-order valence-electron chi connectivity index (χ4n) is 1.57. The van der Waals surface area contributed by atoms with Gasteiger partial charge in [-0.15, -0.1) is 0 Å². The second kappa shape index (κ2) is 5.97. The van der Waals surface area contributed by atoms with Gasteiger partial charge in [-0.1, -0.05) is 12.1 Å². The van der Waals surface area contributed by atoms with E-state index in [0.717, 1.165) is 7.14 Å². The molecule has 0 aliphatic heterocycles. The van der Waals surface area contributed by atoms with Crippen LogP contribution in [0.2, 0.25) is 0 Å². The largest absolute Gasteiger partial charge is 0.545 e. The Hall–Kier alpha value is -1.69. The SMILES string of the molecule is CC(=O)c1ccc([I+]c2ccccc2C(=O)[O-])cc1. The van der Waals surface area contributed by atoms with E-state index in [9.17, 15) is 14.7 Å². The van der Waals surface area contributed by atoms with Gasteiger partial charge in [0.05, 0.1) is 11.5 Å². The number of carboxylic acids is 1. The molecule has 0 radical (unpaired) electrons. The summed E-state index contributed by atoms with van der Waals surface area (Å²) >= 11 is -0.591. The lowest BCUT2D eigenvalue weighted by Gasteiger charge is -2.00. The number of benzene rings is 2. The molecule has 0 aliphatic carbocycles. The van der Waals surface area contributed by atoms with Gasteiger partial charge in [-0.3, -0.25) is 4.79 Å². The third-order valence-corrected chi connectivity index (χ3v) is 5.42. The third-order valence-electron chi connectivity index (χ3n) is 2.56. The molecule has 0 N–H and O–H groups in total. The molecule has 2 rings (SSSR count). The average molecular weight is 366 g/mol. The number of rotatable bonds is 4. The second-order valence-electron chi connectivity index (χ2n) is 3.92. The lowest BCUT2D eigenvalue weighted by Crippen LogP contribution is -3.61. The van der Waals surface area contributed by atoms with Gasteiger partial charge in [0.15, 0.2) is 9.35 Å². The van der Waals surface area contributed by atoms with Crippen molar-refractivity contribution >= 4 is 11.8 Å². The highest BCUT2D eigenvalue weighted by molar-refractivity contribution is 5.93. The molecule has 0 spiro atoms. The monoisotopic (exact) mass is 366 g/mol. The van der Waals surface area contributed by atoms with E-state index in [1.54, 1.807) is 24.3 Å². The molecule has 0 atom stereocenters. The van der Waals surface area contributed by atoms with Crippen molar-refractivity contribution in [2.75, 3.05) is 0 Å². The highest BCUT2D eigenvalue weighted by Gasteiger charge is 2.20. The summed E-state index contributed by atoms with van der Waals surface area (Å²) in [4.78, 5) is 22.2. The predicted octanol–water partition coefficient (Wildman–Crippen LogP) is -1.62. The molecule has 96 valence electrons. The van der Waals surface area contributed by atoms with Crippen LogP contribution in [0.5, 0.6) is 0 Å². The van der Waals surface area contributed by atoms with Crippen LogP contribution >= 0.6 is 0 Å². The van der Waals surface area contributed by atoms with Gasteiger partial charge in [-0.05, 0) is 43.3 Å². The molecule has 0 saturated heterocycles. The second-order valence-corrected chi connectivity index (χ2v) is 6.87. The Bertz CT molecular complexity index is 618. The molecule has 3 nitrogen and oxygen atoms in total. The first-order valence-electron chi connectivity index (χ1n) is 5.64. The molecule has 0 unspecified atom stereocenters. The minimum absolute atomic E-state index is 0.0277. The summed E-state index contributed by atoms with van der Waals surface area (Å²) in [5.74, 6) is -1.12. The molecule has 0 aromatic heterocycles. The number of carbonyl (C=O) groups is 2. The van der Waals surface area contributed by atoms with Gasteiger partial charge < -0.3 is 9.90 Å². The lowest BCUT2D eigenvalue weighted by molar-refractivity contribution is -0.598. The normalized spacial score (nSPS) is 10.2. The Morgan fingerprint density at radius 2 is 1.63 bits per heavy atom. The molecule has 4 heteroatoms. The maximum Gasteiger partial charge on any atom is 0.358 e. The molecule has 2 aromatic rings. The molecule has 0 heterocycles. The highest BCUT2D eigenvalue weighted by atomic mass is 127. The van der Waals surface area contributed by atoms with Crippen LogP contribution in [-0.2, 0) is 0 Å². The van der Waals surface area contributed by atoms with Gasteiger partial charge in [-0.2, -0.15) is 0 Å². The van der Waals surface area contributed by atoms with Crippen molar-refractivity contribution in [3.05, 3.63) is 66.8 Å². The molecule has 0 saturated carbocycles. The van der Waals surface area contributed by atoms with E-state index in [1.807, 2.05) is 24.3 Å². The van der Waals surface area contributed by atoms with E-state index in [2.05, 4.69) is 0 Å². The summed E-state index contributed by atoms with van der Waals surface area (Å²) in [5.41, 5.74) is 0.923. The maximum atomic E-state index is 11.2.